The van der Waals surface area contributed by atoms with Crippen LogP contribution in [0.2, 0.25) is 0 Å². The molecule has 488 valence electrons. The molecular weight excluding hydrogens is 1120 g/mol. The molecule has 10 atom stereocenters. The van der Waals surface area contributed by atoms with Crippen LogP contribution >= 0.6 is 0 Å². The average Bonchev–Trinajstić information content (AvgIpc) is 2.13. The molecule has 87 heavy (non-hydrogen) atoms. The van der Waals surface area contributed by atoms with Gasteiger partial charge < -0.3 is 75.1 Å². The van der Waals surface area contributed by atoms with Crippen molar-refractivity contribution in [3.63, 3.8) is 0 Å². The third-order valence-electron chi connectivity index (χ3n) is 16.1. The molecule has 1 aliphatic heterocycles. The Hall–Kier alpha value is -7.38. The van der Waals surface area contributed by atoms with Crippen LogP contribution in [0.4, 0.5) is 0 Å². The first-order valence-electron chi connectivity index (χ1n) is 31.1. The van der Waals surface area contributed by atoms with Crippen LogP contribution < -0.4 is 60.2 Å². The number of aliphatic imine (C=N–C) groups is 1. The van der Waals surface area contributed by atoms with Crippen molar-refractivity contribution in [1.29, 1.82) is 0 Å². The maximum atomic E-state index is 15.0. The van der Waals surface area contributed by atoms with E-state index in [2.05, 4.69) is 49.1 Å². The third kappa shape index (κ3) is 24.4. The Bertz CT molecular complexity index is 2500. The Morgan fingerprint density at radius 2 is 1.31 bits per heavy atom. The van der Waals surface area contributed by atoms with Crippen molar-refractivity contribution < 1.29 is 57.8 Å². The molecule has 0 aromatic heterocycles. The van der Waals surface area contributed by atoms with Gasteiger partial charge in [0.2, 0.25) is 59.1 Å². The standard InChI is InChI=1S/C61H102N14O12/c1-10-12-13-14-19-26-48(76)67-39(8)52(80)69-43(32-40-23-17-15-18-24-40)55(83)73-61(27-20-16-21-28-61)59(87)71-45(30-36(3)4)57(85)75-35-41(62)33-47(75)58(86)74(9)46(31-37(5)6)56(84)70-44(34-49(77)78)54(82)68-42(25-22-29-66-60(64)65)53(81)72-50(51(63)79)38(7)11-2/h15,17-18,23-24,36-39,41-47,50H,10-14,16,19-22,25-35,62H2,1-9H3,(H2,63,79)(H,67,76)(H,68,82)(H,69,80)(H,70,84)(H,71,87)(H,72,81)(H,73,83)(H,77,78)(H4,64,65,66)/t38-,39+,41+,42-,43-,44-,45-,46-,47-,50-/m0/s1. The largest absolute Gasteiger partial charge is 0.481 e. The quantitative estimate of drug-likeness (QED) is 0.0253. The number of carbonyl (C=O) groups excluding carboxylic acids is 10. The van der Waals surface area contributed by atoms with Gasteiger partial charge in [-0.05, 0) is 81.6 Å². The van der Waals surface area contributed by atoms with Gasteiger partial charge >= 0.3 is 5.97 Å². The Morgan fingerprint density at radius 1 is 0.701 bits per heavy atom. The van der Waals surface area contributed by atoms with E-state index in [1.165, 1.54) is 11.9 Å². The van der Waals surface area contributed by atoms with E-state index in [9.17, 15) is 53.1 Å². The van der Waals surface area contributed by atoms with Crippen LogP contribution in [0.3, 0.4) is 0 Å². The number of carbonyl (C=O) groups is 11. The maximum Gasteiger partial charge on any atom is 0.305 e. The smallest absolute Gasteiger partial charge is 0.305 e. The van der Waals surface area contributed by atoms with Crippen LogP contribution in [0.15, 0.2) is 35.3 Å². The summed E-state index contributed by atoms with van der Waals surface area (Å²) in [5.74, 6) is -9.62. The molecule has 1 saturated heterocycles. The summed E-state index contributed by atoms with van der Waals surface area (Å²) in [5, 5.41) is 29.1. The molecule has 26 heteroatoms. The number of carboxylic acid groups (broad SMARTS) is 1. The van der Waals surface area contributed by atoms with E-state index >= 15 is 4.79 Å². The number of aliphatic carboxylic acids is 1. The summed E-state index contributed by atoms with van der Waals surface area (Å²) >= 11 is 0. The predicted molar refractivity (Wildman–Crippen MR) is 329 cm³/mol. The number of benzene rings is 1. The number of likely N-dealkylation sites (N-methyl/N-ethyl adjacent to an activating group) is 1. The molecule has 0 radical (unpaired) electrons. The van der Waals surface area contributed by atoms with Crippen LogP contribution in [0.5, 0.6) is 0 Å². The molecule has 0 spiro atoms. The van der Waals surface area contributed by atoms with Gasteiger partial charge in [0.15, 0.2) is 5.96 Å². The van der Waals surface area contributed by atoms with Gasteiger partial charge in [-0.2, -0.15) is 0 Å². The molecule has 16 N–H and O–H groups in total. The molecule has 0 bridgehead atoms. The lowest BCUT2D eigenvalue weighted by atomic mass is 9.80. The lowest BCUT2D eigenvalue weighted by Gasteiger charge is -2.39. The lowest BCUT2D eigenvalue weighted by Crippen LogP contribution is -2.66. The molecule has 1 aliphatic carbocycles. The summed E-state index contributed by atoms with van der Waals surface area (Å²) in [4.78, 5) is 159. The summed E-state index contributed by atoms with van der Waals surface area (Å²) in [5.41, 5.74) is 22.3. The van der Waals surface area contributed by atoms with Crippen LogP contribution in [-0.2, 0) is 59.2 Å². The zero-order valence-electron chi connectivity index (χ0n) is 52.8. The zero-order chi connectivity index (χ0) is 65.1. The summed E-state index contributed by atoms with van der Waals surface area (Å²) in [6, 6.07) is -1.93. The van der Waals surface area contributed by atoms with Crippen molar-refractivity contribution in [3.8, 4) is 0 Å². The van der Waals surface area contributed by atoms with Crippen molar-refractivity contribution in [2.45, 2.75) is 237 Å². The number of likely N-dealkylation sites (tertiary alicyclic amines) is 1. The van der Waals surface area contributed by atoms with Crippen molar-refractivity contribution in [2.75, 3.05) is 20.1 Å². The first kappa shape index (κ1) is 73.9. The molecule has 1 saturated carbocycles. The van der Waals surface area contributed by atoms with Crippen LogP contribution in [0, 0.1) is 17.8 Å². The van der Waals surface area contributed by atoms with Gasteiger partial charge in [0.25, 0.3) is 0 Å². The second-order valence-electron chi connectivity index (χ2n) is 24.5. The van der Waals surface area contributed by atoms with Crippen LogP contribution in [-0.4, -0.2) is 166 Å². The minimum atomic E-state index is -1.79. The van der Waals surface area contributed by atoms with E-state index in [1.54, 1.807) is 46.8 Å². The Labute approximate surface area is 513 Å². The summed E-state index contributed by atoms with van der Waals surface area (Å²) in [7, 11) is 1.35. The first-order chi connectivity index (χ1) is 41.0. The van der Waals surface area contributed by atoms with Crippen LogP contribution in [0.25, 0.3) is 0 Å². The molecule has 0 unspecified atom stereocenters. The number of nitrogens with one attached hydrogen (secondary N) is 7. The minimum Gasteiger partial charge on any atom is -0.481 e. The van der Waals surface area contributed by atoms with Gasteiger partial charge in [-0.15, -0.1) is 0 Å². The van der Waals surface area contributed by atoms with Gasteiger partial charge in [0.05, 0.1) is 6.42 Å². The van der Waals surface area contributed by atoms with E-state index in [-0.39, 0.29) is 94.6 Å². The third-order valence-corrected chi connectivity index (χ3v) is 16.1. The first-order valence-corrected chi connectivity index (χ1v) is 31.1. The summed E-state index contributed by atoms with van der Waals surface area (Å²) in [6.45, 7) is 14.4. The molecule has 1 aromatic carbocycles. The highest BCUT2D eigenvalue weighted by molar-refractivity contribution is 6.00. The number of carboxylic acids is 1. The van der Waals surface area contributed by atoms with Crippen molar-refractivity contribution >= 4 is 71.0 Å². The molecule has 3 rings (SSSR count). The van der Waals surface area contributed by atoms with Gasteiger partial charge in [0, 0.05) is 39.0 Å². The van der Waals surface area contributed by atoms with E-state index < -0.39 is 131 Å². The highest BCUT2D eigenvalue weighted by atomic mass is 16.4. The molecule has 2 aliphatic rings. The Kier molecular flexibility index (Phi) is 31.2. The second kappa shape index (κ2) is 36.7. The zero-order valence-corrected chi connectivity index (χ0v) is 52.8. The highest BCUT2D eigenvalue weighted by Crippen LogP contribution is 2.30. The number of primary amides is 1. The number of hydrogen-bond donors (Lipinski definition) is 12. The Morgan fingerprint density at radius 3 is 1.90 bits per heavy atom. The second-order valence-corrected chi connectivity index (χ2v) is 24.5. The summed E-state index contributed by atoms with van der Waals surface area (Å²) in [6.07, 6.45) is 7.01. The number of nitrogens with two attached hydrogens (primary N) is 4. The molecule has 2 fully saturated rings. The van der Waals surface area contributed by atoms with Gasteiger partial charge in [-0.3, -0.25) is 57.7 Å². The highest BCUT2D eigenvalue weighted by Gasteiger charge is 2.48. The number of hydrogen-bond acceptors (Lipinski definition) is 13. The van der Waals surface area contributed by atoms with Gasteiger partial charge in [-0.25, -0.2) is 0 Å². The predicted octanol–water partition coefficient (Wildman–Crippen LogP) is 1.24. The topological polar surface area (TPSA) is 415 Å². The van der Waals surface area contributed by atoms with Gasteiger partial charge in [-0.1, -0.05) is 130 Å². The van der Waals surface area contributed by atoms with E-state index in [0.717, 1.165) is 42.6 Å². The molecule has 1 heterocycles. The van der Waals surface area contributed by atoms with E-state index in [0.29, 0.717) is 25.7 Å². The fraction of sp³-hybridized carbons (Fsp3) is 0.705. The number of nitrogens with zero attached hydrogens (tertiary/aromatic N) is 3. The maximum absolute atomic E-state index is 15.0. The fourth-order valence-electron chi connectivity index (χ4n) is 11.0. The molecule has 10 amide bonds. The lowest BCUT2D eigenvalue weighted by molar-refractivity contribution is -0.149. The molecule has 26 nitrogen and oxygen atoms in total. The molecule has 1 aromatic rings. The summed E-state index contributed by atoms with van der Waals surface area (Å²) < 4.78 is 0. The average molecular weight is 1220 g/mol. The Balaban J connectivity index is 1.92. The number of amides is 10. The fourth-order valence-corrected chi connectivity index (χ4v) is 11.0. The minimum absolute atomic E-state index is 0.00666. The normalized spacial score (nSPS) is 18.2. The van der Waals surface area contributed by atoms with Crippen LogP contribution in [0.1, 0.15) is 177 Å². The number of rotatable bonds is 37. The monoisotopic (exact) mass is 1220 g/mol. The van der Waals surface area contributed by atoms with Gasteiger partial charge in [0.1, 0.15) is 53.9 Å². The number of unbranched alkanes of at least 4 members (excludes halogenated alkanes) is 4. The molecular formula is C61H102N14O12. The SMILES string of the molecule is CCCCCCCC(=O)N[C@H](C)C(=O)N[C@@H](Cc1ccccc1)C(=O)NC1(C(=O)N[C@@H](CC(C)C)C(=O)N2C[C@H](N)C[C@H]2C(=O)N(C)[C@@H](CC(C)C)C(=O)N[C@@H](CC(=O)O)C(=O)N[C@@H](CCCN=C(N)N)C(=O)N[C@H](C(N)=O)[C@@H](C)CC)CCCCC1. The number of guanidine groups is 1. The van der Waals surface area contributed by atoms with E-state index in [4.69, 9.17) is 22.9 Å². The van der Waals surface area contributed by atoms with Crippen molar-refractivity contribution in [2.24, 2.45) is 45.7 Å². The van der Waals surface area contributed by atoms with Crippen molar-refractivity contribution in [1.82, 2.24) is 47.0 Å². The van der Waals surface area contributed by atoms with Crippen molar-refractivity contribution in [3.05, 3.63) is 35.9 Å². The van der Waals surface area contributed by atoms with E-state index in [1.807, 2.05) is 32.0 Å².